The van der Waals surface area contributed by atoms with Crippen molar-refractivity contribution in [3.05, 3.63) is 58.9 Å². The second kappa shape index (κ2) is 6.81. The number of aromatic nitrogens is 4. The van der Waals surface area contributed by atoms with Crippen LogP contribution in [-0.4, -0.2) is 26.4 Å². The van der Waals surface area contributed by atoms with Gasteiger partial charge >= 0.3 is 0 Å². The summed E-state index contributed by atoms with van der Waals surface area (Å²) in [5.41, 5.74) is 7.31. The first-order valence-corrected chi connectivity index (χ1v) is 8.82. The summed E-state index contributed by atoms with van der Waals surface area (Å²) in [6.07, 6.45) is 0. The average molecular weight is 379 g/mol. The van der Waals surface area contributed by atoms with E-state index in [4.69, 9.17) is 10.5 Å². The number of anilines is 1. The van der Waals surface area contributed by atoms with Gasteiger partial charge in [0, 0.05) is 10.5 Å². The SMILES string of the molecule is CCOc1ccc(-n2c(-c3ccc(S)cc3)nc3n[nH]c(N)c3c2=O)cc1. The van der Waals surface area contributed by atoms with E-state index in [9.17, 15) is 4.79 Å². The van der Waals surface area contributed by atoms with Gasteiger partial charge in [-0.1, -0.05) is 12.1 Å². The summed E-state index contributed by atoms with van der Waals surface area (Å²) in [5, 5.41) is 6.94. The van der Waals surface area contributed by atoms with Crippen LogP contribution in [0.4, 0.5) is 5.82 Å². The molecule has 4 aromatic rings. The number of fused-ring (bicyclic) bond motifs is 1. The minimum absolute atomic E-state index is 0.194. The molecule has 0 bridgehead atoms. The van der Waals surface area contributed by atoms with Gasteiger partial charge in [0.1, 0.15) is 22.8 Å². The van der Waals surface area contributed by atoms with Gasteiger partial charge in [-0.05, 0) is 43.3 Å². The molecule has 0 spiro atoms. The molecule has 0 radical (unpaired) electrons. The Morgan fingerprint density at radius 3 is 2.52 bits per heavy atom. The number of nitrogens with two attached hydrogens (primary N) is 1. The molecule has 2 heterocycles. The minimum atomic E-state index is -0.291. The van der Waals surface area contributed by atoms with E-state index in [1.165, 1.54) is 4.57 Å². The highest BCUT2D eigenvalue weighted by molar-refractivity contribution is 7.80. The van der Waals surface area contributed by atoms with Gasteiger partial charge in [0.15, 0.2) is 5.65 Å². The van der Waals surface area contributed by atoms with Gasteiger partial charge in [-0.3, -0.25) is 14.5 Å². The molecule has 0 aliphatic heterocycles. The summed E-state index contributed by atoms with van der Waals surface area (Å²) in [6.45, 7) is 2.49. The molecule has 0 aliphatic carbocycles. The molecule has 136 valence electrons. The second-order valence-corrected chi connectivity index (χ2v) is 6.40. The molecular weight excluding hydrogens is 362 g/mol. The number of aromatic amines is 1. The van der Waals surface area contributed by atoms with Gasteiger partial charge in [-0.25, -0.2) is 4.98 Å². The van der Waals surface area contributed by atoms with E-state index in [2.05, 4.69) is 27.8 Å². The molecule has 0 saturated heterocycles. The Morgan fingerprint density at radius 1 is 1.15 bits per heavy atom. The molecule has 0 fully saturated rings. The topological polar surface area (TPSA) is 98.8 Å². The molecule has 4 rings (SSSR count). The number of nitrogens with zero attached hydrogens (tertiary/aromatic N) is 3. The van der Waals surface area contributed by atoms with E-state index >= 15 is 0 Å². The van der Waals surface area contributed by atoms with Crippen LogP contribution in [0.5, 0.6) is 5.75 Å². The fraction of sp³-hybridized carbons (Fsp3) is 0.105. The van der Waals surface area contributed by atoms with Crippen molar-refractivity contribution in [2.45, 2.75) is 11.8 Å². The maximum Gasteiger partial charge on any atom is 0.271 e. The van der Waals surface area contributed by atoms with Crippen LogP contribution in [0.1, 0.15) is 6.92 Å². The van der Waals surface area contributed by atoms with Crippen LogP contribution in [0.15, 0.2) is 58.2 Å². The summed E-state index contributed by atoms with van der Waals surface area (Å²) in [6, 6.07) is 14.7. The average Bonchev–Trinajstić information content (AvgIpc) is 3.05. The van der Waals surface area contributed by atoms with Crippen molar-refractivity contribution in [1.29, 1.82) is 0 Å². The number of hydrogen-bond acceptors (Lipinski definition) is 6. The highest BCUT2D eigenvalue weighted by atomic mass is 32.1. The third-order valence-corrected chi connectivity index (χ3v) is 4.45. The first-order valence-electron chi connectivity index (χ1n) is 8.37. The van der Waals surface area contributed by atoms with E-state index < -0.39 is 0 Å². The zero-order valence-electron chi connectivity index (χ0n) is 14.5. The first-order chi connectivity index (χ1) is 13.1. The minimum Gasteiger partial charge on any atom is -0.494 e. The number of ether oxygens (including phenoxy) is 1. The fourth-order valence-corrected chi connectivity index (χ4v) is 3.05. The first kappa shape index (κ1) is 17.2. The van der Waals surface area contributed by atoms with E-state index in [-0.39, 0.29) is 22.4 Å². The van der Waals surface area contributed by atoms with E-state index in [0.717, 1.165) is 16.2 Å². The largest absolute Gasteiger partial charge is 0.494 e. The van der Waals surface area contributed by atoms with Crippen LogP contribution >= 0.6 is 12.6 Å². The summed E-state index contributed by atoms with van der Waals surface area (Å²) >= 11 is 4.32. The van der Waals surface area contributed by atoms with Crippen LogP contribution in [-0.2, 0) is 0 Å². The van der Waals surface area contributed by atoms with Gasteiger partial charge < -0.3 is 10.5 Å². The van der Waals surface area contributed by atoms with Gasteiger partial charge in [-0.2, -0.15) is 5.10 Å². The quantitative estimate of drug-likeness (QED) is 0.473. The lowest BCUT2D eigenvalue weighted by atomic mass is 10.2. The molecule has 2 aromatic carbocycles. The Balaban J connectivity index is 2.00. The van der Waals surface area contributed by atoms with Gasteiger partial charge in [0.2, 0.25) is 0 Å². The summed E-state index contributed by atoms with van der Waals surface area (Å²) in [5.74, 6) is 1.39. The highest BCUT2D eigenvalue weighted by Crippen LogP contribution is 2.25. The Hall–Kier alpha value is -3.26. The Morgan fingerprint density at radius 2 is 1.85 bits per heavy atom. The van der Waals surface area contributed by atoms with Crippen molar-refractivity contribution >= 4 is 29.5 Å². The van der Waals surface area contributed by atoms with Crippen LogP contribution in [0.3, 0.4) is 0 Å². The van der Waals surface area contributed by atoms with Crippen molar-refractivity contribution in [3.63, 3.8) is 0 Å². The molecule has 3 N–H and O–H groups in total. The van der Waals surface area contributed by atoms with Crippen LogP contribution < -0.4 is 16.0 Å². The zero-order valence-corrected chi connectivity index (χ0v) is 15.4. The summed E-state index contributed by atoms with van der Waals surface area (Å²) < 4.78 is 7.01. The van der Waals surface area contributed by atoms with Crippen molar-refractivity contribution in [3.8, 4) is 22.8 Å². The third-order valence-electron chi connectivity index (χ3n) is 4.15. The number of benzene rings is 2. The molecule has 0 saturated carbocycles. The third kappa shape index (κ3) is 3.04. The smallest absolute Gasteiger partial charge is 0.271 e. The maximum absolute atomic E-state index is 13.2. The predicted molar refractivity (Wildman–Crippen MR) is 108 cm³/mol. The number of hydrogen-bond donors (Lipinski definition) is 3. The Bertz CT molecular complexity index is 1160. The van der Waals surface area contributed by atoms with Gasteiger partial charge in [0.25, 0.3) is 5.56 Å². The van der Waals surface area contributed by atoms with E-state index in [1.54, 1.807) is 0 Å². The van der Waals surface area contributed by atoms with Gasteiger partial charge in [0.05, 0.1) is 12.3 Å². The standard InChI is InChI=1S/C19H17N5O2S/c1-2-26-13-7-5-12(6-8-13)24-18(11-3-9-14(27)10-4-11)21-17-15(19(24)25)16(20)22-23-17/h3-10,27H,2H2,1H3,(H3,20,22,23). The molecule has 0 unspecified atom stereocenters. The fourth-order valence-electron chi connectivity index (χ4n) is 2.90. The number of rotatable bonds is 4. The van der Waals surface area contributed by atoms with E-state index in [0.29, 0.717) is 18.1 Å². The Kier molecular flexibility index (Phi) is 4.33. The molecular formula is C19H17N5O2S. The lowest BCUT2D eigenvalue weighted by Gasteiger charge is -2.13. The normalized spacial score (nSPS) is 11.0. The predicted octanol–water partition coefficient (Wildman–Crippen LogP) is 3.05. The number of nitrogen functional groups attached to an aromatic ring is 1. The van der Waals surface area contributed by atoms with Crippen LogP contribution in [0.25, 0.3) is 28.1 Å². The lowest BCUT2D eigenvalue weighted by molar-refractivity contribution is 0.340. The molecule has 8 heteroatoms. The molecule has 0 amide bonds. The maximum atomic E-state index is 13.2. The van der Waals surface area contributed by atoms with Crippen molar-refractivity contribution in [2.75, 3.05) is 12.3 Å². The molecule has 2 aromatic heterocycles. The van der Waals surface area contributed by atoms with Crippen LogP contribution in [0.2, 0.25) is 0 Å². The number of nitrogens with one attached hydrogen (secondary N) is 1. The zero-order chi connectivity index (χ0) is 19.0. The molecule has 7 nitrogen and oxygen atoms in total. The molecule has 0 aliphatic rings. The number of H-pyrrole nitrogens is 1. The monoisotopic (exact) mass is 379 g/mol. The van der Waals surface area contributed by atoms with Crippen LogP contribution in [0, 0.1) is 0 Å². The second-order valence-electron chi connectivity index (χ2n) is 5.89. The molecule has 0 atom stereocenters. The summed E-state index contributed by atoms with van der Waals surface area (Å²) in [4.78, 5) is 18.6. The summed E-state index contributed by atoms with van der Waals surface area (Å²) in [7, 11) is 0. The van der Waals surface area contributed by atoms with Gasteiger partial charge in [-0.15, -0.1) is 12.6 Å². The number of thiol groups is 1. The highest BCUT2D eigenvalue weighted by Gasteiger charge is 2.18. The Labute approximate surface area is 160 Å². The van der Waals surface area contributed by atoms with Crippen molar-refractivity contribution in [1.82, 2.24) is 19.7 Å². The lowest BCUT2D eigenvalue weighted by Crippen LogP contribution is -2.22. The van der Waals surface area contributed by atoms with E-state index in [1.807, 2.05) is 55.5 Å². The van der Waals surface area contributed by atoms with Crippen molar-refractivity contribution in [2.24, 2.45) is 0 Å². The molecule has 27 heavy (non-hydrogen) atoms. The van der Waals surface area contributed by atoms with Crippen molar-refractivity contribution < 1.29 is 4.74 Å².